The molecule has 1 atom stereocenters. The van der Waals surface area contributed by atoms with Gasteiger partial charge >= 0.3 is 0 Å². The van der Waals surface area contributed by atoms with Crippen LogP contribution in [0.1, 0.15) is 39.3 Å². The predicted molar refractivity (Wildman–Crippen MR) is 83.9 cm³/mol. The zero-order chi connectivity index (χ0) is 15.7. The van der Waals surface area contributed by atoms with E-state index in [2.05, 4.69) is 37.9 Å². The van der Waals surface area contributed by atoms with Gasteiger partial charge in [-0.2, -0.15) is 0 Å². The molecule has 2 rings (SSSR count). The highest BCUT2D eigenvalue weighted by Gasteiger charge is 2.38. The van der Waals surface area contributed by atoms with Crippen molar-refractivity contribution in [3.63, 3.8) is 0 Å². The van der Waals surface area contributed by atoms with Crippen molar-refractivity contribution in [2.75, 3.05) is 26.7 Å². The smallest absolute Gasteiger partial charge is 0.128 e. The first-order chi connectivity index (χ1) is 9.72. The van der Waals surface area contributed by atoms with Crippen LogP contribution < -0.4 is 5.32 Å². The number of nitrogens with zero attached hydrogens (tertiary/aromatic N) is 1. The lowest BCUT2D eigenvalue weighted by atomic mass is 9.97. The SMILES string of the molecule is CNC(CN1CC(C)(C)OC(C)(C)C1)c1ccccc1F. The van der Waals surface area contributed by atoms with E-state index in [1.54, 1.807) is 6.07 Å². The number of ether oxygens (including phenoxy) is 1. The molecule has 1 N–H and O–H groups in total. The number of likely N-dealkylation sites (N-methyl/N-ethyl adjacent to an activating group) is 1. The van der Waals surface area contributed by atoms with E-state index < -0.39 is 0 Å². The number of benzene rings is 1. The number of halogens is 1. The van der Waals surface area contributed by atoms with Crippen LogP contribution in [0.3, 0.4) is 0 Å². The van der Waals surface area contributed by atoms with E-state index in [0.717, 1.165) is 25.2 Å². The van der Waals surface area contributed by atoms with Gasteiger partial charge < -0.3 is 10.1 Å². The Hall–Kier alpha value is -0.970. The van der Waals surface area contributed by atoms with Crippen LogP contribution in [0.5, 0.6) is 0 Å². The zero-order valence-electron chi connectivity index (χ0n) is 13.7. The Balaban J connectivity index is 2.13. The molecule has 1 aromatic rings. The summed E-state index contributed by atoms with van der Waals surface area (Å²) in [4.78, 5) is 2.36. The summed E-state index contributed by atoms with van der Waals surface area (Å²) in [5, 5.41) is 3.24. The number of nitrogens with one attached hydrogen (secondary N) is 1. The molecule has 1 fully saturated rings. The first kappa shape index (κ1) is 16.4. The van der Waals surface area contributed by atoms with Gasteiger partial charge in [0.15, 0.2) is 0 Å². The van der Waals surface area contributed by atoms with Gasteiger partial charge in [0.2, 0.25) is 0 Å². The molecular weight excluding hydrogens is 267 g/mol. The zero-order valence-corrected chi connectivity index (χ0v) is 13.7. The maximum atomic E-state index is 14.0. The van der Waals surface area contributed by atoms with Crippen molar-refractivity contribution in [2.45, 2.75) is 44.9 Å². The minimum absolute atomic E-state index is 0.0177. The van der Waals surface area contributed by atoms with Gasteiger partial charge in [0.25, 0.3) is 0 Å². The molecule has 1 unspecified atom stereocenters. The molecule has 1 heterocycles. The largest absolute Gasteiger partial charge is 0.367 e. The highest BCUT2D eigenvalue weighted by Crippen LogP contribution is 2.29. The second-order valence-corrected chi connectivity index (χ2v) is 7.15. The third kappa shape index (κ3) is 4.25. The molecule has 0 aromatic heterocycles. The Labute approximate surface area is 127 Å². The standard InChI is InChI=1S/C17H27FN2O/c1-16(2)11-20(12-17(3,4)21-16)10-15(19-5)13-8-6-7-9-14(13)18/h6-9,15,19H,10-12H2,1-5H3. The van der Waals surface area contributed by atoms with Crippen molar-refractivity contribution in [3.8, 4) is 0 Å². The summed E-state index contributed by atoms with van der Waals surface area (Å²) >= 11 is 0. The average molecular weight is 294 g/mol. The summed E-state index contributed by atoms with van der Waals surface area (Å²) in [6.45, 7) is 10.9. The van der Waals surface area contributed by atoms with Crippen molar-refractivity contribution in [3.05, 3.63) is 35.6 Å². The molecule has 1 saturated heterocycles. The minimum Gasteiger partial charge on any atom is -0.367 e. The van der Waals surface area contributed by atoms with Crippen LogP contribution >= 0.6 is 0 Å². The molecule has 1 aliphatic heterocycles. The fourth-order valence-corrected chi connectivity index (χ4v) is 3.44. The molecule has 0 amide bonds. The third-order valence-electron chi connectivity index (χ3n) is 3.83. The Bertz CT molecular complexity index is 471. The predicted octanol–water partition coefficient (Wildman–Crippen LogP) is 2.98. The van der Waals surface area contributed by atoms with Crippen LogP contribution in [0.4, 0.5) is 4.39 Å². The fourth-order valence-electron chi connectivity index (χ4n) is 3.44. The van der Waals surface area contributed by atoms with Gasteiger partial charge in [-0.1, -0.05) is 18.2 Å². The van der Waals surface area contributed by atoms with E-state index in [-0.39, 0.29) is 23.1 Å². The van der Waals surface area contributed by atoms with Gasteiger partial charge in [-0.3, -0.25) is 4.90 Å². The van der Waals surface area contributed by atoms with Crippen LogP contribution in [0.15, 0.2) is 24.3 Å². The average Bonchev–Trinajstić information content (AvgIpc) is 2.33. The van der Waals surface area contributed by atoms with E-state index >= 15 is 0 Å². The summed E-state index contributed by atoms with van der Waals surface area (Å²) in [6.07, 6.45) is 0. The second kappa shape index (κ2) is 6.03. The van der Waals surface area contributed by atoms with Crippen molar-refractivity contribution < 1.29 is 9.13 Å². The van der Waals surface area contributed by atoms with Crippen molar-refractivity contribution >= 4 is 0 Å². The molecule has 0 spiro atoms. The second-order valence-electron chi connectivity index (χ2n) is 7.15. The van der Waals surface area contributed by atoms with Crippen molar-refractivity contribution in [1.29, 1.82) is 0 Å². The Morgan fingerprint density at radius 1 is 1.19 bits per heavy atom. The van der Waals surface area contributed by atoms with E-state index in [9.17, 15) is 4.39 Å². The Kier molecular flexibility index (Phi) is 4.71. The third-order valence-corrected chi connectivity index (χ3v) is 3.83. The van der Waals surface area contributed by atoms with Crippen LogP contribution in [-0.4, -0.2) is 42.8 Å². The maximum absolute atomic E-state index is 14.0. The van der Waals surface area contributed by atoms with Gasteiger partial charge in [-0.25, -0.2) is 4.39 Å². The summed E-state index contributed by atoms with van der Waals surface area (Å²) < 4.78 is 20.1. The molecule has 0 aliphatic carbocycles. The number of rotatable bonds is 4. The van der Waals surface area contributed by atoms with E-state index in [0.29, 0.717) is 0 Å². The van der Waals surface area contributed by atoms with Crippen LogP contribution in [0.2, 0.25) is 0 Å². The quantitative estimate of drug-likeness (QED) is 0.924. The Morgan fingerprint density at radius 3 is 2.29 bits per heavy atom. The monoisotopic (exact) mass is 294 g/mol. The molecule has 3 nitrogen and oxygen atoms in total. The lowest BCUT2D eigenvalue weighted by Gasteiger charge is -2.48. The lowest BCUT2D eigenvalue weighted by molar-refractivity contribution is -0.181. The molecule has 4 heteroatoms. The molecule has 0 saturated carbocycles. The van der Waals surface area contributed by atoms with Gasteiger partial charge in [0.1, 0.15) is 5.82 Å². The van der Waals surface area contributed by atoms with Gasteiger partial charge in [-0.05, 0) is 40.8 Å². The van der Waals surface area contributed by atoms with Gasteiger partial charge in [-0.15, -0.1) is 0 Å². The number of hydrogen-bond donors (Lipinski definition) is 1. The van der Waals surface area contributed by atoms with Crippen LogP contribution in [0.25, 0.3) is 0 Å². The molecular formula is C17H27FN2O. The van der Waals surface area contributed by atoms with E-state index in [1.165, 1.54) is 6.07 Å². The highest BCUT2D eigenvalue weighted by molar-refractivity contribution is 5.21. The van der Waals surface area contributed by atoms with Crippen LogP contribution in [0, 0.1) is 5.82 Å². The van der Waals surface area contributed by atoms with E-state index in [1.807, 2.05) is 19.2 Å². The molecule has 0 bridgehead atoms. The molecule has 0 radical (unpaired) electrons. The minimum atomic E-state index is -0.185. The molecule has 21 heavy (non-hydrogen) atoms. The summed E-state index contributed by atoms with van der Waals surface area (Å²) in [7, 11) is 1.88. The highest BCUT2D eigenvalue weighted by atomic mass is 19.1. The van der Waals surface area contributed by atoms with Crippen molar-refractivity contribution in [2.24, 2.45) is 0 Å². The number of hydrogen-bond acceptors (Lipinski definition) is 3. The molecule has 1 aliphatic rings. The topological polar surface area (TPSA) is 24.5 Å². The first-order valence-corrected chi connectivity index (χ1v) is 7.57. The summed E-state index contributed by atoms with van der Waals surface area (Å²) in [6, 6.07) is 6.97. The lowest BCUT2D eigenvalue weighted by Crippen LogP contribution is -2.58. The van der Waals surface area contributed by atoms with Gasteiger partial charge in [0, 0.05) is 31.2 Å². The number of morpholine rings is 1. The molecule has 118 valence electrons. The normalized spacial score (nSPS) is 23.0. The van der Waals surface area contributed by atoms with E-state index in [4.69, 9.17) is 4.74 Å². The fraction of sp³-hybridized carbons (Fsp3) is 0.647. The summed E-state index contributed by atoms with van der Waals surface area (Å²) in [5.74, 6) is -0.149. The van der Waals surface area contributed by atoms with Crippen molar-refractivity contribution in [1.82, 2.24) is 10.2 Å². The molecule has 1 aromatic carbocycles. The first-order valence-electron chi connectivity index (χ1n) is 7.57. The Morgan fingerprint density at radius 2 is 1.76 bits per heavy atom. The summed E-state index contributed by atoms with van der Waals surface area (Å²) in [5.41, 5.74) is 0.354. The maximum Gasteiger partial charge on any atom is 0.128 e. The van der Waals surface area contributed by atoms with Gasteiger partial charge in [0.05, 0.1) is 11.2 Å². The van der Waals surface area contributed by atoms with Crippen LogP contribution in [-0.2, 0) is 4.74 Å².